The Hall–Kier alpha value is -0.770. The zero-order chi connectivity index (χ0) is 12.2. The van der Waals surface area contributed by atoms with Gasteiger partial charge in [-0.15, -0.1) is 0 Å². The topological polar surface area (TPSA) is 9.23 Å². The Labute approximate surface area is 94.0 Å². The van der Waals surface area contributed by atoms with Crippen molar-refractivity contribution in [3.8, 4) is 0 Å². The largest absolute Gasteiger partial charge is 0.412 e. The molecular weight excluding hydrogens is 217 g/mol. The average molecular weight is 234 g/mol. The lowest BCUT2D eigenvalue weighted by molar-refractivity contribution is -0.0951. The molecule has 1 aliphatic rings. The highest BCUT2D eigenvalue weighted by atomic mass is 19.4. The predicted octanol–water partition coefficient (Wildman–Crippen LogP) is 3.87. The molecular formula is C12H17F3O. The zero-order valence-corrected chi connectivity index (χ0v) is 9.60. The molecule has 1 unspecified atom stereocenters. The Morgan fingerprint density at radius 2 is 2.06 bits per heavy atom. The van der Waals surface area contributed by atoms with Crippen LogP contribution in [-0.4, -0.2) is 19.9 Å². The highest BCUT2D eigenvalue weighted by molar-refractivity contribution is 5.28. The fourth-order valence-corrected chi connectivity index (χ4v) is 1.86. The summed E-state index contributed by atoms with van der Waals surface area (Å²) in [7, 11) is 1.63. The molecule has 0 saturated carbocycles. The van der Waals surface area contributed by atoms with Crippen LogP contribution in [0.25, 0.3) is 0 Å². The number of allylic oxidation sites excluding steroid dienone is 4. The molecule has 0 aromatic heterocycles. The molecule has 4 heteroatoms. The van der Waals surface area contributed by atoms with Gasteiger partial charge in [0.25, 0.3) is 0 Å². The molecule has 0 bridgehead atoms. The van der Waals surface area contributed by atoms with Crippen molar-refractivity contribution in [3.05, 3.63) is 23.3 Å². The molecule has 0 spiro atoms. The first-order valence-corrected chi connectivity index (χ1v) is 5.41. The quantitative estimate of drug-likeness (QED) is 0.671. The third-order valence-electron chi connectivity index (χ3n) is 2.84. The highest BCUT2D eigenvalue weighted by Gasteiger charge is 2.35. The Bertz CT molecular complexity index is 289. The molecule has 0 radical (unpaired) electrons. The van der Waals surface area contributed by atoms with Gasteiger partial charge in [0.1, 0.15) is 0 Å². The average Bonchev–Trinajstić information content (AvgIpc) is 2.19. The molecule has 0 N–H and O–H groups in total. The summed E-state index contributed by atoms with van der Waals surface area (Å²) in [5, 5.41) is 0. The van der Waals surface area contributed by atoms with Gasteiger partial charge >= 0.3 is 6.18 Å². The van der Waals surface area contributed by atoms with Gasteiger partial charge in [0.15, 0.2) is 0 Å². The van der Waals surface area contributed by atoms with Crippen LogP contribution in [-0.2, 0) is 4.74 Å². The Kier molecular flexibility index (Phi) is 4.59. The van der Waals surface area contributed by atoms with Gasteiger partial charge in [-0.3, -0.25) is 0 Å². The van der Waals surface area contributed by atoms with Crippen molar-refractivity contribution in [1.29, 1.82) is 0 Å². The molecule has 1 nitrogen and oxygen atoms in total. The summed E-state index contributed by atoms with van der Waals surface area (Å²) in [4.78, 5) is 0. The number of rotatable bonds is 4. The molecule has 0 aromatic rings. The normalized spacial score (nSPS) is 21.7. The molecule has 0 saturated heterocycles. The summed E-state index contributed by atoms with van der Waals surface area (Å²) >= 11 is 0. The van der Waals surface area contributed by atoms with Crippen LogP contribution in [0.2, 0.25) is 0 Å². The van der Waals surface area contributed by atoms with Gasteiger partial charge in [0, 0.05) is 19.3 Å². The standard InChI is InChI=1S/C12H17F3O/c1-9-8-11(12(13,14)15)6-5-10(9)4-3-7-16-2/h5-6,9H,3-4,7-8H2,1-2H3. The van der Waals surface area contributed by atoms with E-state index >= 15 is 0 Å². The summed E-state index contributed by atoms with van der Waals surface area (Å²) in [5.41, 5.74) is 0.667. The van der Waals surface area contributed by atoms with E-state index in [1.165, 1.54) is 6.08 Å². The van der Waals surface area contributed by atoms with Gasteiger partial charge in [0.05, 0.1) is 0 Å². The van der Waals surface area contributed by atoms with Gasteiger partial charge in [0.2, 0.25) is 0 Å². The smallest absolute Gasteiger partial charge is 0.385 e. The second kappa shape index (κ2) is 5.53. The van der Waals surface area contributed by atoms with Crippen LogP contribution in [0.5, 0.6) is 0 Å². The van der Waals surface area contributed by atoms with E-state index in [4.69, 9.17) is 4.74 Å². The van der Waals surface area contributed by atoms with E-state index in [1.54, 1.807) is 13.2 Å². The monoisotopic (exact) mass is 234 g/mol. The number of hydrogen-bond acceptors (Lipinski definition) is 1. The van der Waals surface area contributed by atoms with Gasteiger partial charge in [-0.25, -0.2) is 0 Å². The predicted molar refractivity (Wildman–Crippen MR) is 57.1 cm³/mol. The van der Waals surface area contributed by atoms with Crippen LogP contribution >= 0.6 is 0 Å². The minimum Gasteiger partial charge on any atom is -0.385 e. The zero-order valence-electron chi connectivity index (χ0n) is 9.60. The van der Waals surface area contributed by atoms with E-state index in [1.807, 2.05) is 6.92 Å². The number of hydrogen-bond donors (Lipinski definition) is 0. The minimum absolute atomic E-state index is 0.0153. The maximum absolute atomic E-state index is 12.4. The van der Waals surface area contributed by atoms with Crippen molar-refractivity contribution in [2.45, 2.75) is 32.4 Å². The van der Waals surface area contributed by atoms with E-state index in [0.717, 1.165) is 18.4 Å². The van der Waals surface area contributed by atoms with E-state index in [-0.39, 0.29) is 12.3 Å². The molecule has 0 fully saturated rings. The Morgan fingerprint density at radius 1 is 1.38 bits per heavy atom. The fraction of sp³-hybridized carbons (Fsp3) is 0.667. The number of alkyl halides is 3. The van der Waals surface area contributed by atoms with E-state index in [0.29, 0.717) is 6.61 Å². The van der Waals surface area contributed by atoms with Gasteiger partial charge in [-0.2, -0.15) is 13.2 Å². The summed E-state index contributed by atoms with van der Waals surface area (Å²) in [5.74, 6) is -0.0153. The first-order valence-electron chi connectivity index (χ1n) is 5.41. The number of methoxy groups -OCH3 is 1. The minimum atomic E-state index is -4.18. The second-order valence-electron chi connectivity index (χ2n) is 4.13. The molecule has 0 aliphatic heterocycles. The summed E-state index contributed by atoms with van der Waals surface area (Å²) in [6, 6.07) is 0. The maximum Gasteiger partial charge on any atom is 0.412 e. The van der Waals surface area contributed by atoms with Crippen molar-refractivity contribution < 1.29 is 17.9 Å². The van der Waals surface area contributed by atoms with E-state index < -0.39 is 11.7 Å². The van der Waals surface area contributed by atoms with Crippen molar-refractivity contribution in [2.24, 2.45) is 5.92 Å². The van der Waals surface area contributed by atoms with Gasteiger partial charge in [-0.05, 0) is 25.2 Å². The molecule has 1 aliphatic carbocycles. The maximum atomic E-state index is 12.4. The molecule has 16 heavy (non-hydrogen) atoms. The van der Waals surface area contributed by atoms with Crippen LogP contribution in [0.3, 0.4) is 0 Å². The summed E-state index contributed by atoms with van der Waals surface area (Å²) < 4.78 is 42.2. The summed E-state index contributed by atoms with van der Waals surface area (Å²) in [6.45, 7) is 2.50. The van der Waals surface area contributed by atoms with Crippen LogP contribution in [0, 0.1) is 5.92 Å². The van der Waals surface area contributed by atoms with E-state index in [2.05, 4.69) is 0 Å². The fourth-order valence-electron chi connectivity index (χ4n) is 1.86. The summed E-state index contributed by atoms with van der Waals surface area (Å²) in [6.07, 6.45) is 0.429. The van der Waals surface area contributed by atoms with Crippen LogP contribution in [0.15, 0.2) is 23.3 Å². The first-order chi connectivity index (χ1) is 7.45. The molecule has 1 atom stereocenters. The first kappa shape index (κ1) is 13.3. The molecule has 0 aromatic carbocycles. The van der Waals surface area contributed by atoms with Crippen molar-refractivity contribution >= 4 is 0 Å². The molecule has 92 valence electrons. The molecule has 0 amide bonds. The SMILES string of the molecule is COCCCC1=CC=C(C(F)(F)F)CC1C. The third-order valence-corrected chi connectivity index (χ3v) is 2.84. The Balaban J connectivity index is 2.61. The second-order valence-corrected chi connectivity index (χ2v) is 4.13. The number of halogens is 3. The van der Waals surface area contributed by atoms with Crippen molar-refractivity contribution in [2.75, 3.05) is 13.7 Å². The van der Waals surface area contributed by atoms with Gasteiger partial charge < -0.3 is 4.74 Å². The Morgan fingerprint density at radius 3 is 2.56 bits per heavy atom. The van der Waals surface area contributed by atoms with Crippen molar-refractivity contribution in [1.82, 2.24) is 0 Å². The third kappa shape index (κ3) is 3.67. The lowest BCUT2D eigenvalue weighted by Crippen LogP contribution is -2.18. The van der Waals surface area contributed by atoms with Crippen molar-refractivity contribution in [3.63, 3.8) is 0 Å². The lowest BCUT2D eigenvalue weighted by Gasteiger charge is -2.23. The van der Waals surface area contributed by atoms with Crippen LogP contribution < -0.4 is 0 Å². The highest BCUT2D eigenvalue weighted by Crippen LogP contribution is 2.36. The van der Waals surface area contributed by atoms with E-state index in [9.17, 15) is 13.2 Å². The van der Waals surface area contributed by atoms with Gasteiger partial charge in [-0.1, -0.05) is 24.6 Å². The van der Waals surface area contributed by atoms with Crippen LogP contribution in [0.1, 0.15) is 26.2 Å². The number of ether oxygens (including phenoxy) is 1. The molecule has 1 rings (SSSR count). The van der Waals surface area contributed by atoms with Crippen LogP contribution in [0.4, 0.5) is 13.2 Å². The molecule has 0 heterocycles. The lowest BCUT2D eigenvalue weighted by atomic mass is 9.86.